The zero-order valence-corrected chi connectivity index (χ0v) is 15.9. The van der Waals surface area contributed by atoms with E-state index in [1.165, 1.54) is 7.11 Å². The molecule has 0 saturated heterocycles. The van der Waals surface area contributed by atoms with Crippen LogP contribution in [0, 0.1) is 5.92 Å². The van der Waals surface area contributed by atoms with E-state index in [9.17, 15) is 9.59 Å². The smallest absolute Gasteiger partial charge is 0.328 e. The van der Waals surface area contributed by atoms with Crippen molar-refractivity contribution < 1.29 is 18.7 Å². The van der Waals surface area contributed by atoms with Crippen LogP contribution >= 0.6 is 0 Å². The highest BCUT2D eigenvalue weighted by Crippen LogP contribution is 2.25. The Labute approximate surface area is 162 Å². The molecule has 3 rings (SSSR count). The fourth-order valence-electron chi connectivity index (χ4n) is 2.72. The zero-order valence-electron chi connectivity index (χ0n) is 15.9. The second kappa shape index (κ2) is 8.51. The van der Waals surface area contributed by atoms with Crippen LogP contribution < -0.4 is 10.6 Å². The summed E-state index contributed by atoms with van der Waals surface area (Å²) < 4.78 is 10.5. The number of hydrogen-bond donors (Lipinski definition) is 2. The monoisotopic (exact) mass is 382 g/mol. The Balaban J connectivity index is 1.75. The maximum atomic E-state index is 12.3. The fraction of sp³-hybridized carbons (Fsp3) is 0.300. The van der Waals surface area contributed by atoms with Gasteiger partial charge >= 0.3 is 12.0 Å². The summed E-state index contributed by atoms with van der Waals surface area (Å²) in [6, 6.07) is 7.58. The first kappa shape index (κ1) is 19.3. The number of fused-ring (bicyclic) bond motifs is 1. The van der Waals surface area contributed by atoms with E-state index in [0.717, 1.165) is 12.0 Å². The summed E-state index contributed by atoms with van der Waals surface area (Å²) in [5.74, 6) is -0.0805. The van der Waals surface area contributed by atoms with E-state index in [1.54, 1.807) is 36.7 Å². The Morgan fingerprint density at radius 2 is 2.11 bits per heavy atom. The number of hydrogen-bond acceptors (Lipinski definition) is 6. The van der Waals surface area contributed by atoms with E-state index in [2.05, 4.69) is 20.6 Å². The Morgan fingerprint density at radius 3 is 2.79 bits per heavy atom. The molecule has 0 bridgehead atoms. The molecular formula is C20H22N4O4. The Kier molecular flexibility index (Phi) is 5.88. The van der Waals surface area contributed by atoms with Crippen molar-refractivity contribution >= 4 is 28.8 Å². The maximum Gasteiger partial charge on any atom is 0.328 e. The third kappa shape index (κ3) is 4.28. The van der Waals surface area contributed by atoms with Crippen LogP contribution in [0.25, 0.3) is 22.6 Å². The molecule has 2 amide bonds. The first-order valence-electron chi connectivity index (χ1n) is 8.98. The highest BCUT2D eigenvalue weighted by molar-refractivity contribution is 5.94. The van der Waals surface area contributed by atoms with Gasteiger partial charge in [-0.15, -0.1) is 0 Å². The lowest BCUT2D eigenvalue weighted by Crippen LogP contribution is -2.47. The number of anilines is 1. The highest BCUT2D eigenvalue weighted by Gasteiger charge is 2.26. The van der Waals surface area contributed by atoms with Crippen LogP contribution in [-0.4, -0.2) is 35.1 Å². The van der Waals surface area contributed by atoms with E-state index >= 15 is 0 Å². The second-order valence-corrected chi connectivity index (χ2v) is 6.43. The van der Waals surface area contributed by atoms with Crippen molar-refractivity contribution in [3.8, 4) is 11.5 Å². The summed E-state index contributed by atoms with van der Waals surface area (Å²) in [6.07, 6.45) is 4.06. The summed E-state index contributed by atoms with van der Waals surface area (Å²) in [4.78, 5) is 32.8. The van der Waals surface area contributed by atoms with Gasteiger partial charge in [-0.05, 0) is 36.2 Å². The number of aromatic nitrogens is 2. The molecule has 8 heteroatoms. The minimum absolute atomic E-state index is 0.0572. The number of carbonyl (C=O) groups excluding carboxylic acids is 2. The molecule has 0 aliphatic carbocycles. The number of carbonyl (C=O) groups is 2. The molecule has 2 aromatic heterocycles. The van der Waals surface area contributed by atoms with Gasteiger partial charge in [0.2, 0.25) is 5.89 Å². The van der Waals surface area contributed by atoms with Gasteiger partial charge in [-0.3, -0.25) is 4.98 Å². The molecule has 2 heterocycles. The number of rotatable bonds is 6. The van der Waals surface area contributed by atoms with Gasteiger partial charge in [0.15, 0.2) is 5.58 Å². The van der Waals surface area contributed by atoms with Gasteiger partial charge in [-0.2, -0.15) is 0 Å². The Bertz CT molecular complexity index is 971. The number of urea groups is 1. The molecule has 0 saturated carbocycles. The molecule has 0 aliphatic heterocycles. The van der Waals surface area contributed by atoms with E-state index < -0.39 is 18.0 Å². The average Bonchev–Trinajstić information content (AvgIpc) is 3.15. The highest BCUT2D eigenvalue weighted by atomic mass is 16.5. The van der Waals surface area contributed by atoms with Crippen LogP contribution in [0.2, 0.25) is 0 Å². The predicted molar refractivity (Wildman–Crippen MR) is 105 cm³/mol. The Morgan fingerprint density at radius 1 is 1.29 bits per heavy atom. The SMILES string of the molecule is CCC(C)[C@H](NC(=O)Nc1ccc2oc(-c3cccnc3)nc2c1)C(=O)OC. The lowest BCUT2D eigenvalue weighted by molar-refractivity contribution is -0.144. The quantitative estimate of drug-likeness (QED) is 0.631. The number of pyridine rings is 1. The van der Waals surface area contributed by atoms with E-state index in [1.807, 2.05) is 19.9 Å². The van der Waals surface area contributed by atoms with Gasteiger partial charge in [-0.1, -0.05) is 20.3 Å². The fourth-order valence-corrected chi connectivity index (χ4v) is 2.72. The number of nitrogens with zero attached hydrogens (tertiary/aromatic N) is 2. The molecule has 2 N–H and O–H groups in total. The van der Waals surface area contributed by atoms with Crippen LogP contribution in [-0.2, 0) is 9.53 Å². The van der Waals surface area contributed by atoms with Crippen molar-refractivity contribution in [3.63, 3.8) is 0 Å². The Hall–Kier alpha value is -3.42. The van der Waals surface area contributed by atoms with Crippen molar-refractivity contribution in [2.45, 2.75) is 26.3 Å². The number of esters is 1. The molecule has 3 aromatic rings. The van der Waals surface area contributed by atoms with Gasteiger partial charge < -0.3 is 19.8 Å². The van der Waals surface area contributed by atoms with Crippen LogP contribution in [0.5, 0.6) is 0 Å². The molecule has 0 spiro atoms. The summed E-state index contributed by atoms with van der Waals surface area (Å²) in [5, 5.41) is 5.39. The van der Waals surface area contributed by atoms with Crippen LogP contribution in [0.15, 0.2) is 47.1 Å². The molecule has 0 radical (unpaired) electrons. The third-order valence-electron chi connectivity index (χ3n) is 4.51. The van der Waals surface area contributed by atoms with Crippen LogP contribution in [0.3, 0.4) is 0 Å². The summed E-state index contributed by atoms with van der Waals surface area (Å²) in [7, 11) is 1.30. The maximum absolute atomic E-state index is 12.3. The number of oxazole rings is 1. The molecule has 146 valence electrons. The first-order valence-corrected chi connectivity index (χ1v) is 8.98. The molecule has 0 fully saturated rings. The lowest BCUT2D eigenvalue weighted by Gasteiger charge is -2.21. The molecule has 0 aliphatic rings. The van der Waals surface area contributed by atoms with Crippen molar-refractivity contribution in [3.05, 3.63) is 42.7 Å². The number of amides is 2. The standard InChI is InChI=1S/C20H22N4O4/c1-4-12(2)17(19(25)27-3)24-20(26)22-14-7-8-16-15(10-14)23-18(28-16)13-6-5-9-21-11-13/h5-12,17H,4H2,1-3H3,(H2,22,24,26)/t12?,17-/m0/s1. The number of ether oxygens (including phenoxy) is 1. The lowest BCUT2D eigenvalue weighted by atomic mass is 9.99. The van der Waals surface area contributed by atoms with Gasteiger partial charge in [0.05, 0.1) is 12.7 Å². The van der Waals surface area contributed by atoms with Crippen molar-refractivity contribution in [1.29, 1.82) is 0 Å². The van der Waals surface area contributed by atoms with Gasteiger partial charge in [0.25, 0.3) is 0 Å². The van der Waals surface area contributed by atoms with Crippen LogP contribution in [0.1, 0.15) is 20.3 Å². The second-order valence-electron chi connectivity index (χ2n) is 6.43. The summed E-state index contributed by atoms with van der Waals surface area (Å²) >= 11 is 0. The van der Waals surface area contributed by atoms with Crippen molar-refractivity contribution in [2.75, 3.05) is 12.4 Å². The average molecular weight is 382 g/mol. The molecule has 1 aromatic carbocycles. The normalized spacial score (nSPS) is 13.0. The molecule has 2 atom stereocenters. The van der Waals surface area contributed by atoms with Gasteiger partial charge in [0, 0.05) is 18.1 Å². The van der Waals surface area contributed by atoms with E-state index in [4.69, 9.17) is 9.15 Å². The van der Waals surface area contributed by atoms with E-state index in [0.29, 0.717) is 22.7 Å². The van der Waals surface area contributed by atoms with E-state index in [-0.39, 0.29) is 5.92 Å². The first-order chi connectivity index (χ1) is 13.5. The number of nitrogens with one attached hydrogen (secondary N) is 2. The third-order valence-corrected chi connectivity index (χ3v) is 4.51. The van der Waals surface area contributed by atoms with Gasteiger partial charge in [-0.25, -0.2) is 14.6 Å². The van der Waals surface area contributed by atoms with Crippen molar-refractivity contribution in [2.24, 2.45) is 5.92 Å². The van der Waals surface area contributed by atoms with Gasteiger partial charge in [0.1, 0.15) is 11.6 Å². The number of methoxy groups -OCH3 is 1. The zero-order chi connectivity index (χ0) is 20.1. The summed E-state index contributed by atoms with van der Waals surface area (Å²) in [5.41, 5.74) is 2.49. The largest absolute Gasteiger partial charge is 0.467 e. The molecular weight excluding hydrogens is 360 g/mol. The molecule has 28 heavy (non-hydrogen) atoms. The van der Waals surface area contributed by atoms with Crippen LogP contribution in [0.4, 0.5) is 10.5 Å². The minimum Gasteiger partial charge on any atom is -0.467 e. The predicted octanol–water partition coefficient (Wildman–Crippen LogP) is 3.60. The summed E-state index contributed by atoms with van der Waals surface area (Å²) in [6.45, 7) is 3.82. The topological polar surface area (TPSA) is 106 Å². The minimum atomic E-state index is -0.719. The number of benzene rings is 1. The van der Waals surface area contributed by atoms with Crippen molar-refractivity contribution in [1.82, 2.24) is 15.3 Å². The molecule has 8 nitrogen and oxygen atoms in total. The molecule has 1 unspecified atom stereocenters.